The third kappa shape index (κ3) is 3.05. The Balaban J connectivity index is 2.34. The molecule has 2 aromatic rings. The SMILES string of the molecule is CCN(c1ccc(F)cc1)c1nc(C(C)(C)C(=O)O)cs1. The lowest BCUT2D eigenvalue weighted by Crippen LogP contribution is -2.29. The van der Waals surface area contributed by atoms with Crippen molar-refractivity contribution in [3.05, 3.63) is 41.2 Å². The molecule has 0 unspecified atom stereocenters. The zero-order valence-electron chi connectivity index (χ0n) is 12.1. The van der Waals surface area contributed by atoms with Gasteiger partial charge in [0, 0.05) is 17.6 Å². The fraction of sp³-hybridized carbons (Fsp3) is 0.333. The molecule has 0 atom stereocenters. The summed E-state index contributed by atoms with van der Waals surface area (Å²) in [5, 5.41) is 11.7. The fourth-order valence-corrected chi connectivity index (χ4v) is 2.91. The van der Waals surface area contributed by atoms with Gasteiger partial charge in [0.2, 0.25) is 0 Å². The van der Waals surface area contributed by atoms with E-state index in [4.69, 9.17) is 0 Å². The summed E-state index contributed by atoms with van der Waals surface area (Å²) < 4.78 is 13.0. The number of thiazole rings is 1. The van der Waals surface area contributed by atoms with Gasteiger partial charge in [-0.25, -0.2) is 9.37 Å². The molecule has 2 rings (SSSR count). The van der Waals surface area contributed by atoms with Crippen molar-refractivity contribution in [1.29, 1.82) is 0 Å². The minimum atomic E-state index is -1.03. The van der Waals surface area contributed by atoms with E-state index < -0.39 is 11.4 Å². The smallest absolute Gasteiger partial charge is 0.315 e. The molecule has 1 aromatic carbocycles. The first-order chi connectivity index (χ1) is 9.86. The number of aliphatic carboxylic acids is 1. The number of anilines is 2. The van der Waals surface area contributed by atoms with E-state index in [1.165, 1.54) is 23.5 Å². The minimum absolute atomic E-state index is 0.290. The number of aromatic nitrogens is 1. The Morgan fingerprint density at radius 1 is 1.38 bits per heavy atom. The average Bonchev–Trinajstić information content (AvgIpc) is 2.92. The maximum absolute atomic E-state index is 13.0. The summed E-state index contributed by atoms with van der Waals surface area (Å²) in [5.41, 5.74) is 0.320. The summed E-state index contributed by atoms with van der Waals surface area (Å²) in [6.07, 6.45) is 0. The van der Waals surface area contributed by atoms with Crippen LogP contribution in [0.25, 0.3) is 0 Å². The summed E-state index contributed by atoms with van der Waals surface area (Å²) in [6.45, 7) is 5.88. The summed E-state index contributed by atoms with van der Waals surface area (Å²) in [5.74, 6) is -1.20. The van der Waals surface area contributed by atoms with E-state index in [1.807, 2.05) is 11.8 Å². The molecular formula is C15H17FN2O2S. The molecule has 0 spiro atoms. The van der Waals surface area contributed by atoms with E-state index >= 15 is 0 Å². The number of hydrogen-bond donors (Lipinski definition) is 1. The number of hydrogen-bond acceptors (Lipinski definition) is 4. The molecule has 0 bridgehead atoms. The normalized spacial score (nSPS) is 11.4. The Labute approximate surface area is 126 Å². The summed E-state index contributed by atoms with van der Waals surface area (Å²) in [4.78, 5) is 17.7. The molecule has 0 aliphatic heterocycles. The molecule has 1 heterocycles. The van der Waals surface area contributed by atoms with Crippen molar-refractivity contribution in [1.82, 2.24) is 4.98 Å². The van der Waals surface area contributed by atoms with Crippen LogP contribution < -0.4 is 4.90 Å². The van der Waals surface area contributed by atoms with Gasteiger partial charge in [-0.05, 0) is 45.0 Å². The Kier molecular flexibility index (Phi) is 4.27. The predicted octanol–water partition coefficient (Wildman–Crippen LogP) is 3.80. The molecule has 6 heteroatoms. The van der Waals surface area contributed by atoms with Crippen LogP contribution in [-0.4, -0.2) is 22.6 Å². The number of carbonyl (C=O) groups is 1. The van der Waals surface area contributed by atoms with Crippen LogP contribution in [0.1, 0.15) is 26.5 Å². The third-order valence-corrected chi connectivity index (χ3v) is 4.22. The largest absolute Gasteiger partial charge is 0.481 e. The zero-order valence-corrected chi connectivity index (χ0v) is 12.9. The zero-order chi connectivity index (χ0) is 15.6. The van der Waals surface area contributed by atoms with Gasteiger partial charge in [-0.2, -0.15) is 0 Å². The highest BCUT2D eigenvalue weighted by Crippen LogP contribution is 2.32. The third-order valence-electron chi connectivity index (χ3n) is 3.35. The van der Waals surface area contributed by atoms with Crippen molar-refractivity contribution in [2.45, 2.75) is 26.2 Å². The second kappa shape index (κ2) is 5.81. The number of halogens is 1. The van der Waals surface area contributed by atoms with Crippen molar-refractivity contribution in [2.24, 2.45) is 0 Å². The van der Waals surface area contributed by atoms with Gasteiger partial charge in [-0.15, -0.1) is 11.3 Å². The van der Waals surface area contributed by atoms with Gasteiger partial charge in [-0.3, -0.25) is 4.79 Å². The first-order valence-electron chi connectivity index (χ1n) is 6.58. The minimum Gasteiger partial charge on any atom is -0.481 e. The standard InChI is InChI=1S/C15H17FN2O2S/c1-4-18(11-7-5-10(16)6-8-11)14-17-12(9-21-14)15(2,3)13(19)20/h5-9H,4H2,1-3H3,(H,19,20). The van der Waals surface area contributed by atoms with Gasteiger partial charge in [-0.1, -0.05) is 0 Å². The van der Waals surface area contributed by atoms with Crippen LogP contribution in [0.2, 0.25) is 0 Å². The molecular weight excluding hydrogens is 291 g/mol. The Bertz CT molecular complexity index is 637. The van der Waals surface area contributed by atoms with Gasteiger partial charge in [0.1, 0.15) is 11.2 Å². The van der Waals surface area contributed by atoms with Crippen LogP contribution >= 0.6 is 11.3 Å². The Hall–Kier alpha value is -1.95. The van der Waals surface area contributed by atoms with Crippen molar-refractivity contribution in [2.75, 3.05) is 11.4 Å². The molecule has 0 fully saturated rings. The molecule has 1 aromatic heterocycles. The van der Waals surface area contributed by atoms with Crippen LogP contribution in [0.4, 0.5) is 15.2 Å². The van der Waals surface area contributed by atoms with Crippen molar-refractivity contribution in [3.63, 3.8) is 0 Å². The van der Waals surface area contributed by atoms with Crippen LogP contribution in [0, 0.1) is 5.82 Å². The highest BCUT2D eigenvalue weighted by Gasteiger charge is 2.32. The quantitative estimate of drug-likeness (QED) is 0.912. The number of carboxylic acid groups (broad SMARTS) is 1. The first kappa shape index (κ1) is 15.4. The summed E-state index contributed by atoms with van der Waals surface area (Å²) >= 11 is 1.38. The molecule has 0 radical (unpaired) electrons. The molecule has 0 amide bonds. The molecule has 0 aliphatic carbocycles. The molecule has 21 heavy (non-hydrogen) atoms. The molecule has 0 aliphatic rings. The van der Waals surface area contributed by atoms with Crippen molar-refractivity contribution < 1.29 is 14.3 Å². The van der Waals surface area contributed by atoms with Crippen molar-refractivity contribution in [3.8, 4) is 0 Å². The van der Waals surface area contributed by atoms with E-state index in [0.29, 0.717) is 17.4 Å². The number of benzene rings is 1. The van der Waals surface area contributed by atoms with E-state index in [2.05, 4.69) is 4.98 Å². The van der Waals surface area contributed by atoms with E-state index in [1.54, 1.807) is 31.4 Å². The van der Waals surface area contributed by atoms with Gasteiger partial charge in [0.05, 0.1) is 5.69 Å². The molecule has 0 saturated carbocycles. The van der Waals surface area contributed by atoms with Crippen LogP contribution in [0.3, 0.4) is 0 Å². The number of rotatable bonds is 5. The van der Waals surface area contributed by atoms with Gasteiger partial charge in [0.15, 0.2) is 5.13 Å². The lowest BCUT2D eigenvalue weighted by Gasteiger charge is -2.20. The van der Waals surface area contributed by atoms with Gasteiger partial charge in [0.25, 0.3) is 0 Å². The van der Waals surface area contributed by atoms with Gasteiger partial charge >= 0.3 is 5.97 Å². The van der Waals surface area contributed by atoms with Crippen LogP contribution in [0.5, 0.6) is 0 Å². The summed E-state index contributed by atoms with van der Waals surface area (Å²) in [6, 6.07) is 6.16. The van der Waals surface area contributed by atoms with Crippen LogP contribution in [0.15, 0.2) is 29.6 Å². The van der Waals surface area contributed by atoms with Crippen molar-refractivity contribution >= 4 is 28.1 Å². The maximum Gasteiger partial charge on any atom is 0.315 e. The average molecular weight is 308 g/mol. The molecule has 1 N–H and O–H groups in total. The fourth-order valence-electron chi connectivity index (χ4n) is 1.83. The predicted molar refractivity (Wildman–Crippen MR) is 81.9 cm³/mol. The molecule has 0 saturated heterocycles. The molecule has 112 valence electrons. The first-order valence-corrected chi connectivity index (χ1v) is 7.46. The second-order valence-electron chi connectivity index (χ2n) is 5.17. The monoisotopic (exact) mass is 308 g/mol. The summed E-state index contributed by atoms with van der Waals surface area (Å²) in [7, 11) is 0. The highest BCUT2D eigenvalue weighted by molar-refractivity contribution is 7.13. The maximum atomic E-state index is 13.0. The van der Waals surface area contributed by atoms with Crippen LogP contribution in [-0.2, 0) is 10.2 Å². The number of carboxylic acids is 1. The Morgan fingerprint density at radius 3 is 2.52 bits per heavy atom. The lowest BCUT2D eigenvalue weighted by atomic mass is 9.90. The lowest BCUT2D eigenvalue weighted by molar-refractivity contribution is -0.142. The second-order valence-corrected chi connectivity index (χ2v) is 6.00. The topological polar surface area (TPSA) is 53.4 Å². The molecule has 4 nitrogen and oxygen atoms in total. The highest BCUT2D eigenvalue weighted by atomic mass is 32.1. The van der Waals surface area contributed by atoms with E-state index in [9.17, 15) is 14.3 Å². The Morgan fingerprint density at radius 2 is 2.00 bits per heavy atom. The van der Waals surface area contributed by atoms with E-state index in [0.717, 1.165) is 5.69 Å². The number of nitrogens with zero attached hydrogens (tertiary/aromatic N) is 2. The van der Waals surface area contributed by atoms with E-state index in [-0.39, 0.29) is 5.82 Å². The van der Waals surface area contributed by atoms with Gasteiger partial charge < -0.3 is 10.0 Å².